The average molecular weight is 414 g/mol. The van der Waals surface area contributed by atoms with E-state index in [0.717, 1.165) is 50.0 Å². The van der Waals surface area contributed by atoms with Crippen LogP contribution in [0.15, 0.2) is 53.4 Å². The number of fused-ring (bicyclic) bond motifs is 1. The summed E-state index contributed by atoms with van der Waals surface area (Å²) in [6, 6.07) is 14.7. The zero-order valence-corrected chi connectivity index (χ0v) is 17.3. The minimum absolute atomic E-state index is 0.0159. The summed E-state index contributed by atoms with van der Waals surface area (Å²) in [6.07, 6.45) is 4.89. The van der Waals surface area contributed by atoms with E-state index in [0.29, 0.717) is 18.0 Å². The number of piperidine rings is 1. The summed E-state index contributed by atoms with van der Waals surface area (Å²) >= 11 is 0. The standard InChI is InChI=1S/C22H27N3O3S/c26-22(25-16-6-8-18-7-2-3-9-21(18)25)17-23-19-10-12-20(13-11-19)29(27,28)24-14-4-1-5-15-24/h2-3,7,9-13,23H,1,4-6,8,14-17H2. The number of rotatable bonds is 5. The number of para-hydroxylation sites is 1. The van der Waals surface area contributed by atoms with E-state index in [1.165, 1.54) is 5.56 Å². The van der Waals surface area contributed by atoms with Crippen LogP contribution in [-0.4, -0.2) is 44.8 Å². The van der Waals surface area contributed by atoms with Gasteiger partial charge >= 0.3 is 0 Å². The maximum absolute atomic E-state index is 12.7. The number of anilines is 2. The lowest BCUT2D eigenvalue weighted by Crippen LogP contribution is -2.39. The first kappa shape index (κ1) is 19.9. The smallest absolute Gasteiger partial charge is 0.246 e. The van der Waals surface area contributed by atoms with Gasteiger partial charge in [0.15, 0.2) is 0 Å². The zero-order valence-electron chi connectivity index (χ0n) is 16.5. The second-order valence-electron chi connectivity index (χ2n) is 7.62. The molecule has 1 amide bonds. The molecule has 1 N–H and O–H groups in total. The second kappa shape index (κ2) is 8.55. The highest BCUT2D eigenvalue weighted by Crippen LogP contribution is 2.27. The van der Waals surface area contributed by atoms with Gasteiger partial charge < -0.3 is 10.2 Å². The molecule has 0 bridgehead atoms. The van der Waals surface area contributed by atoms with Crippen molar-refractivity contribution < 1.29 is 13.2 Å². The van der Waals surface area contributed by atoms with Crippen LogP contribution in [0, 0.1) is 0 Å². The van der Waals surface area contributed by atoms with Crippen LogP contribution in [0.3, 0.4) is 0 Å². The van der Waals surface area contributed by atoms with Crippen LogP contribution in [0.2, 0.25) is 0 Å². The molecule has 0 unspecified atom stereocenters. The fourth-order valence-electron chi connectivity index (χ4n) is 4.06. The van der Waals surface area contributed by atoms with Crippen molar-refractivity contribution in [1.82, 2.24) is 4.31 Å². The van der Waals surface area contributed by atoms with E-state index in [4.69, 9.17) is 0 Å². The number of carbonyl (C=O) groups is 1. The number of hydrogen-bond acceptors (Lipinski definition) is 4. The molecule has 2 aromatic rings. The molecule has 1 fully saturated rings. The van der Waals surface area contributed by atoms with Gasteiger partial charge in [-0.15, -0.1) is 0 Å². The van der Waals surface area contributed by atoms with Crippen molar-refractivity contribution in [3.05, 3.63) is 54.1 Å². The Hall–Kier alpha value is -2.38. The monoisotopic (exact) mass is 413 g/mol. The number of carbonyl (C=O) groups excluding carboxylic acids is 1. The van der Waals surface area contributed by atoms with Crippen LogP contribution in [0.1, 0.15) is 31.2 Å². The molecule has 154 valence electrons. The number of nitrogens with one attached hydrogen (secondary N) is 1. The molecule has 0 saturated carbocycles. The van der Waals surface area contributed by atoms with Gasteiger partial charge in [-0.2, -0.15) is 4.31 Å². The predicted molar refractivity (Wildman–Crippen MR) is 115 cm³/mol. The van der Waals surface area contributed by atoms with Crippen LogP contribution in [0.25, 0.3) is 0 Å². The van der Waals surface area contributed by atoms with Gasteiger partial charge in [-0.05, 0) is 61.6 Å². The molecule has 6 nitrogen and oxygen atoms in total. The van der Waals surface area contributed by atoms with Crippen LogP contribution in [-0.2, 0) is 21.2 Å². The topological polar surface area (TPSA) is 69.7 Å². The number of sulfonamides is 1. The van der Waals surface area contributed by atoms with Gasteiger partial charge in [0.1, 0.15) is 0 Å². The van der Waals surface area contributed by atoms with Gasteiger partial charge in [0.25, 0.3) is 0 Å². The Morgan fingerprint density at radius 1 is 0.897 bits per heavy atom. The number of nitrogens with zero attached hydrogens (tertiary/aromatic N) is 2. The molecule has 2 aromatic carbocycles. The van der Waals surface area contributed by atoms with Gasteiger partial charge in [0.2, 0.25) is 15.9 Å². The van der Waals surface area contributed by atoms with Gasteiger partial charge in [-0.25, -0.2) is 8.42 Å². The SMILES string of the molecule is O=C(CNc1ccc(S(=O)(=O)N2CCCCC2)cc1)N1CCCc2ccccc21. The molecule has 4 rings (SSSR count). The Labute approximate surface area is 172 Å². The lowest BCUT2D eigenvalue weighted by atomic mass is 10.0. The first-order chi connectivity index (χ1) is 14.1. The normalized spacial score (nSPS) is 17.6. The Bertz CT molecular complexity index is 967. The molecule has 0 atom stereocenters. The number of aryl methyl sites for hydroxylation is 1. The molecule has 0 radical (unpaired) electrons. The van der Waals surface area contributed by atoms with Crippen LogP contribution in [0.5, 0.6) is 0 Å². The molecule has 0 aliphatic carbocycles. The minimum atomic E-state index is -3.43. The molecule has 0 aromatic heterocycles. The molecule has 1 saturated heterocycles. The van der Waals surface area contributed by atoms with Gasteiger partial charge in [0, 0.05) is 31.0 Å². The lowest BCUT2D eigenvalue weighted by molar-refractivity contribution is -0.117. The zero-order chi connectivity index (χ0) is 20.3. The maximum atomic E-state index is 12.7. The lowest BCUT2D eigenvalue weighted by Gasteiger charge is -2.29. The largest absolute Gasteiger partial charge is 0.376 e. The molecular formula is C22H27N3O3S. The number of hydrogen-bond donors (Lipinski definition) is 1. The van der Waals surface area contributed by atoms with Crippen molar-refractivity contribution in [1.29, 1.82) is 0 Å². The summed E-state index contributed by atoms with van der Waals surface area (Å²) in [5.74, 6) is 0.0159. The first-order valence-corrected chi connectivity index (χ1v) is 11.7. The van der Waals surface area contributed by atoms with Gasteiger partial charge in [0.05, 0.1) is 11.4 Å². The van der Waals surface area contributed by atoms with E-state index >= 15 is 0 Å². The van der Waals surface area contributed by atoms with Gasteiger partial charge in [-0.3, -0.25) is 4.79 Å². The third kappa shape index (κ3) is 4.31. The predicted octanol–water partition coefficient (Wildman–Crippen LogP) is 3.25. The van der Waals surface area contributed by atoms with E-state index in [2.05, 4.69) is 11.4 Å². The molecule has 2 heterocycles. The van der Waals surface area contributed by atoms with E-state index in [1.807, 2.05) is 23.1 Å². The summed E-state index contributed by atoms with van der Waals surface area (Å²) in [7, 11) is -3.43. The Kier molecular flexibility index (Phi) is 5.87. The van der Waals surface area contributed by atoms with Crippen molar-refractivity contribution >= 4 is 27.3 Å². The number of amides is 1. The Balaban J connectivity index is 1.39. The molecular weight excluding hydrogens is 386 g/mol. The number of benzene rings is 2. The van der Waals surface area contributed by atoms with Crippen LogP contribution >= 0.6 is 0 Å². The highest BCUT2D eigenvalue weighted by molar-refractivity contribution is 7.89. The average Bonchev–Trinajstić information content (AvgIpc) is 2.78. The molecule has 2 aliphatic rings. The summed E-state index contributed by atoms with van der Waals surface area (Å²) < 4.78 is 27.0. The fraction of sp³-hybridized carbons (Fsp3) is 0.409. The summed E-state index contributed by atoms with van der Waals surface area (Å²) in [6.45, 7) is 2.08. The third-order valence-corrected chi connectivity index (χ3v) is 7.58. The third-order valence-electron chi connectivity index (χ3n) is 5.66. The highest BCUT2D eigenvalue weighted by atomic mass is 32.2. The minimum Gasteiger partial charge on any atom is -0.376 e. The van der Waals surface area contributed by atoms with Crippen LogP contribution in [0.4, 0.5) is 11.4 Å². The quantitative estimate of drug-likeness (QED) is 0.817. The van der Waals surface area contributed by atoms with Crippen molar-refractivity contribution in [2.75, 3.05) is 36.4 Å². The maximum Gasteiger partial charge on any atom is 0.246 e. The van der Waals surface area contributed by atoms with E-state index < -0.39 is 10.0 Å². The molecule has 29 heavy (non-hydrogen) atoms. The molecule has 2 aliphatic heterocycles. The van der Waals surface area contributed by atoms with E-state index in [1.54, 1.807) is 28.6 Å². The van der Waals surface area contributed by atoms with Gasteiger partial charge in [-0.1, -0.05) is 24.6 Å². The van der Waals surface area contributed by atoms with Crippen molar-refractivity contribution in [2.24, 2.45) is 0 Å². The second-order valence-corrected chi connectivity index (χ2v) is 9.56. The van der Waals surface area contributed by atoms with Crippen molar-refractivity contribution in [2.45, 2.75) is 37.0 Å². The Morgan fingerprint density at radius 2 is 1.62 bits per heavy atom. The van der Waals surface area contributed by atoms with E-state index in [9.17, 15) is 13.2 Å². The highest BCUT2D eigenvalue weighted by Gasteiger charge is 2.26. The Morgan fingerprint density at radius 3 is 2.38 bits per heavy atom. The molecule has 7 heteroatoms. The summed E-state index contributed by atoms with van der Waals surface area (Å²) in [4.78, 5) is 14.9. The first-order valence-electron chi connectivity index (χ1n) is 10.3. The molecule has 0 spiro atoms. The van der Waals surface area contributed by atoms with E-state index in [-0.39, 0.29) is 12.5 Å². The summed E-state index contributed by atoms with van der Waals surface area (Å²) in [5, 5.41) is 3.13. The fourth-order valence-corrected chi connectivity index (χ4v) is 5.58. The van der Waals surface area contributed by atoms with Crippen molar-refractivity contribution in [3.63, 3.8) is 0 Å². The summed E-state index contributed by atoms with van der Waals surface area (Å²) in [5.41, 5.74) is 2.94. The van der Waals surface area contributed by atoms with Crippen molar-refractivity contribution in [3.8, 4) is 0 Å². The van der Waals surface area contributed by atoms with Crippen LogP contribution < -0.4 is 10.2 Å².